The number of aryl methyl sites for hydroxylation is 2. The van der Waals surface area contributed by atoms with E-state index in [1.807, 2.05) is 6.26 Å². The fourth-order valence-electron chi connectivity index (χ4n) is 2.61. The Morgan fingerprint density at radius 1 is 1.33 bits per heavy atom. The molecule has 1 amide bonds. The molecule has 1 aliphatic heterocycles. The summed E-state index contributed by atoms with van der Waals surface area (Å²) in [6.07, 6.45) is 3.31. The van der Waals surface area contributed by atoms with Crippen LogP contribution in [0, 0.1) is 13.8 Å². The summed E-state index contributed by atoms with van der Waals surface area (Å²) in [6, 6.07) is -0.502. The van der Waals surface area contributed by atoms with Crippen molar-refractivity contribution in [1.82, 2.24) is 14.9 Å². The van der Waals surface area contributed by atoms with Crippen molar-refractivity contribution in [3.8, 4) is 0 Å². The molecule has 0 bridgehead atoms. The molecule has 0 spiro atoms. The highest BCUT2D eigenvalue weighted by molar-refractivity contribution is 7.98. The maximum atomic E-state index is 12.8. The molecule has 0 saturated carbocycles. The molecule has 0 aliphatic carbocycles. The van der Waals surface area contributed by atoms with Crippen LogP contribution in [0.3, 0.4) is 0 Å². The summed E-state index contributed by atoms with van der Waals surface area (Å²) in [5, 5.41) is 0.653. The number of likely N-dealkylation sites (tertiary alicyclic amines) is 1. The van der Waals surface area contributed by atoms with Crippen LogP contribution in [0.4, 0.5) is 0 Å². The van der Waals surface area contributed by atoms with Crippen molar-refractivity contribution in [2.45, 2.75) is 37.8 Å². The summed E-state index contributed by atoms with van der Waals surface area (Å²) in [5.41, 5.74) is 1.14. The Bertz CT molecular complexity index is 577. The fourth-order valence-corrected chi connectivity index (χ4v) is 3.27. The van der Waals surface area contributed by atoms with E-state index in [1.54, 1.807) is 18.7 Å². The zero-order chi connectivity index (χ0) is 15.6. The quantitative estimate of drug-likeness (QED) is 0.480. The molecule has 7 heteroatoms. The minimum atomic E-state index is -0.502. The van der Waals surface area contributed by atoms with Gasteiger partial charge in [-0.1, -0.05) is 0 Å². The van der Waals surface area contributed by atoms with Gasteiger partial charge in [0.15, 0.2) is 0 Å². The molecule has 1 unspecified atom stereocenters. The summed E-state index contributed by atoms with van der Waals surface area (Å²) in [6.45, 7) is 4.15. The molecule has 1 aliphatic rings. The molecule has 1 saturated heterocycles. The molecule has 1 aromatic rings. The maximum Gasteiger partial charge on any atom is 0.328 e. The van der Waals surface area contributed by atoms with Gasteiger partial charge in [-0.3, -0.25) is 4.79 Å². The second-order valence-corrected chi connectivity index (χ2v) is 5.72. The highest BCUT2D eigenvalue weighted by Gasteiger charge is 2.37. The standard InChI is InChI=1S/C14H19N3O3S/c1-8-11(12(21-4)16-9(2)15-8)13(18)17-7-5-6-10(17)14(19)20-3/h10H,5-7H2,1-4H3. The van der Waals surface area contributed by atoms with E-state index in [9.17, 15) is 9.59 Å². The Morgan fingerprint density at radius 2 is 2.05 bits per heavy atom. The Hall–Kier alpha value is -1.63. The molecule has 1 aromatic heterocycles. The first-order valence-corrected chi connectivity index (χ1v) is 8.00. The predicted octanol–water partition coefficient (Wildman–Crippen LogP) is 1.59. The molecule has 21 heavy (non-hydrogen) atoms. The van der Waals surface area contributed by atoms with E-state index in [1.165, 1.54) is 18.9 Å². The van der Waals surface area contributed by atoms with Crippen LogP contribution >= 0.6 is 11.8 Å². The van der Waals surface area contributed by atoms with Gasteiger partial charge in [-0.15, -0.1) is 11.8 Å². The highest BCUT2D eigenvalue weighted by atomic mass is 32.2. The van der Waals surface area contributed by atoms with E-state index in [0.717, 1.165) is 6.42 Å². The number of nitrogens with zero attached hydrogens (tertiary/aromatic N) is 3. The van der Waals surface area contributed by atoms with E-state index < -0.39 is 6.04 Å². The summed E-state index contributed by atoms with van der Waals surface area (Å²) in [7, 11) is 1.34. The lowest BCUT2D eigenvalue weighted by Gasteiger charge is -2.24. The van der Waals surface area contributed by atoms with Crippen molar-refractivity contribution in [1.29, 1.82) is 0 Å². The topological polar surface area (TPSA) is 72.4 Å². The minimum Gasteiger partial charge on any atom is -0.467 e. The van der Waals surface area contributed by atoms with Gasteiger partial charge in [0.1, 0.15) is 16.9 Å². The SMILES string of the molecule is COC(=O)C1CCCN1C(=O)c1c(C)nc(C)nc1SC. The Morgan fingerprint density at radius 3 is 2.67 bits per heavy atom. The van der Waals surface area contributed by atoms with Gasteiger partial charge >= 0.3 is 5.97 Å². The third kappa shape index (κ3) is 3.02. The Labute approximate surface area is 128 Å². The molecular formula is C14H19N3O3S. The molecule has 1 fully saturated rings. The van der Waals surface area contributed by atoms with Gasteiger partial charge < -0.3 is 9.64 Å². The number of esters is 1. The van der Waals surface area contributed by atoms with Crippen LogP contribution in [0.5, 0.6) is 0 Å². The van der Waals surface area contributed by atoms with Gasteiger partial charge in [0.05, 0.1) is 18.4 Å². The Balaban J connectivity index is 2.38. The van der Waals surface area contributed by atoms with Gasteiger partial charge in [0.2, 0.25) is 0 Å². The van der Waals surface area contributed by atoms with Gasteiger partial charge in [0, 0.05) is 6.54 Å². The number of rotatable bonds is 3. The second-order valence-electron chi connectivity index (χ2n) is 4.92. The van der Waals surface area contributed by atoms with Crippen molar-refractivity contribution in [3.05, 3.63) is 17.1 Å². The normalized spacial score (nSPS) is 17.9. The number of thioether (sulfide) groups is 1. The fraction of sp³-hybridized carbons (Fsp3) is 0.571. The van der Waals surface area contributed by atoms with Crippen molar-refractivity contribution < 1.29 is 14.3 Å². The van der Waals surface area contributed by atoms with Crippen LogP contribution in [-0.4, -0.2) is 52.7 Å². The van der Waals surface area contributed by atoms with Crippen molar-refractivity contribution in [3.63, 3.8) is 0 Å². The summed E-state index contributed by atoms with van der Waals surface area (Å²) < 4.78 is 4.79. The number of hydrogen-bond donors (Lipinski definition) is 0. The smallest absolute Gasteiger partial charge is 0.328 e. The van der Waals surface area contributed by atoms with Gasteiger partial charge in [-0.2, -0.15) is 0 Å². The summed E-state index contributed by atoms with van der Waals surface area (Å²) in [5.74, 6) is 0.0846. The third-order valence-electron chi connectivity index (χ3n) is 3.56. The molecular weight excluding hydrogens is 290 g/mol. The van der Waals surface area contributed by atoms with Crippen LogP contribution in [0.1, 0.15) is 34.7 Å². The largest absolute Gasteiger partial charge is 0.467 e. The van der Waals surface area contributed by atoms with Crippen molar-refractivity contribution in [2.24, 2.45) is 0 Å². The zero-order valence-corrected chi connectivity index (χ0v) is 13.5. The zero-order valence-electron chi connectivity index (χ0n) is 12.7. The van der Waals surface area contributed by atoms with Crippen LogP contribution in [0.25, 0.3) is 0 Å². The van der Waals surface area contributed by atoms with Crippen LogP contribution in [0.2, 0.25) is 0 Å². The van der Waals surface area contributed by atoms with Gasteiger partial charge in [-0.25, -0.2) is 14.8 Å². The number of methoxy groups -OCH3 is 1. The van der Waals surface area contributed by atoms with E-state index in [4.69, 9.17) is 4.74 Å². The lowest BCUT2D eigenvalue weighted by molar-refractivity contribution is -0.145. The molecule has 2 rings (SSSR count). The number of amides is 1. The molecule has 0 radical (unpaired) electrons. The van der Waals surface area contributed by atoms with E-state index >= 15 is 0 Å². The lowest BCUT2D eigenvalue weighted by atomic mass is 10.1. The summed E-state index contributed by atoms with van der Waals surface area (Å²) >= 11 is 1.41. The first kappa shape index (κ1) is 15.8. The number of carbonyl (C=O) groups is 2. The molecule has 2 heterocycles. The number of hydrogen-bond acceptors (Lipinski definition) is 6. The van der Waals surface area contributed by atoms with Gasteiger partial charge in [0.25, 0.3) is 5.91 Å². The highest BCUT2D eigenvalue weighted by Crippen LogP contribution is 2.26. The first-order valence-electron chi connectivity index (χ1n) is 6.77. The lowest BCUT2D eigenvalue weighted by Crippen LogP contribution is -2.41. The number of ether oxygens (including phenoxy) is 1. The van der Waals surface area contributed by atoms with E-state index in [2.05, 4.69) is 9.97 Å². The van der Waals surface area contributed by atoms with Crippen molar-refractivity contribution in [2.75, 3.05) is 19.9 Å². The van der Waals surface area contributed by atoms with Crippen LogP contribution in [-0.2, 0) is 9.53 Å². The minimum absolute atomic E-state index is 0.190. The monoisotopic (exact) mass is 309 g/mol. The number of aromatic nitrogens is 2. The third-order valence-corrected chi connectivity index (χ3v) is 4.24. The van der Waals surface area contributed by atoms with Crippen molar-refractivity contribution >= 4 is 23.6 Å². The molecule has 0 N–H and O–H groups in total. The molecule has 6 nitrogen and oxygen atoms in total. The van der Waals surface area contributed by atoms with Gasteiger partial charge in [-0.05, 0) is 32.9 Å². The maximum absolute atomic E-state index is 12.8. The molecule has 1 atom stereocenters. The predicted molar refractivity (Wildman–Crippen MR) is 79.4 cm³/mol. The Kier molecular flexibility index (Phi) is 4.82. The van der Waals surface area contributed by atoms with E-state index in [0.29, 0.717) is 35.1 Å². The molecule has 0 aromatic carbocycles. The summed E-state index contributed by atoms with van der Waals surface area (Å²) in [4.78, 5) is 34.8. The average Bonchev–Trinajstić information content (AvgIpc) is 2.94. The molecule has 114 valence electrons. The number of carbonyl (C=O) groups excluding carboxylic acids is 2. The van der Waals surface area contributed by atoms with E-state index in [-0.39, 0.29) is 11.9 Å². The van der Waals surface area contributed by atoms with Crippen LogP contribution < -0.4 is 0 Å². The van der Waals surface area contributed by atoms with Crippen LogP contribution in [0.15, 0.2) is 5.03 Å². The second kappa shape index (κ2) is 6.43. The average molecular weight is 309 g/mol. The first-order chi connectivity index (χ1) is 9.99.